The number of piperidine rings is 1. The predicted molar refractivity (Wildman–Crippen MR) is 171 cm³/mol. The average molecular weight is 673 g/mol. The lowest BCUT2D eigenvalue weighted by molar-refractivity contribution is -0.144. The number of carboxylic acids is 1. The number of H-pyrrole nitrogens is 1. The number of nitrogens with two attached hydrogens (primary N) is 2. The van der Waals surface area contributed by atoms with Crippen molar-refractivity contribution in [1.29, 1.82) is 0 Å². The summed E-state index contributed by atoms with van der Waals surface area (Å²) in [4.78, 5) is 62.4. The number of anilines is 3. The van der Waals surface area contributed by atoms with Gasteiger partial charge in [0.15, 0.2) is 29.2 Å². The Labute approximate surface area is 271 Å². The van der Waals surface area contributed by atoms with Crippen molar-refractivity contribution < 1.29 is 29.6 Å². The molecule has 20 heteroatoms. The van der Waals surface area contributed by atoms with Gasteiger partial charge in [0.2, 0.25) is 5.95 Å². The zero-order valence-corrected chi connectivity index (χ0v) is 26.3. The highest BCUT2D eigenvalue weighted by Gasteiger charge is 2.45. The van der Waals surface area contributed by atoms with Crippen molar-refractivity contribution in [3.63, 3.8) is 0 Å². The molecule has 0 spiro atoms. The van der Waals surface area contributed by atoms with E-state index in [1.807, 2.05) is 0 Å². The maximum absolute atomic E-state index is 13.1. The minimum atomic E-state index is -1.25. The van der Waals surface area contributed by atoms with Gasteiger partial charge in [0, 0.05) is 30.6 Å². The summed E-state index contributed by atoms with van der Waals surface area (Å²) in [5.41, 5.74) is 10.7. The number of hydrogen-bond donors (Lipinski definition) is 8. The minimum absolute atomic E-state index is 0.0418. The van der Waals surface area contributed by atoms with Crippen LogP contribution in [0.3, 0.4) is 0 Å². The van der Waals surface area contributed by atoms with Crippen molar-refractivity contribution in [2.45, 2.75) is 68.1 Å². The summed E-state index contributed by atoms with van der Waals surface area (Å²) in [5, 5.41) is 37.3. The van der Waals surface area contributed by atoms with Crippen LogP contribution in [0.1, 0.15) is 32.9 Å². The summed E-state index contributed by atoms with van der Waals surface area (Å²) in [6.07, 6.45) is -0.375. The molecule has 3 aromatic rings. The first-order valence-corrected chi connectivity index (χ1v) is 16.0. The zero-order chi connectivity index (χ0) is 33.6. The molecule has 6 heterocycles. The highest BCUT2D eigenvalue weighted by molar-refractivity contribution is 7.99. The molecule has 2 fully saturated rings. The second-order valence-electron chi connectivity index (χ2n) is 12.1. The van der Waals surface area contributed by atoms with E-state index in [0.29, 0.717) is 36.3 Å². The molecular weight excluding hydrogens is 636 g/mol. The number of nitrogen functional groups attached to an aromatic ring is 2. The van der Waals surface area contributed by atoms with E-state index in [-0.39, 0.29) is 47.3 Å². The Hall–Kier alpha value is -4.37. The Bertz CT molecular complexity index is 1780. The molecule has 0 saturated carbocycles. The van der Waals surface area contributed by atoms with E-state index in [2.05, 4.69) is 40.5 Å². The quantitative estimate of drug-likeness (QED) is 0.127. The molecule has 3 aliphatic rings. The number of fused-ring (bicyclic) bond motifs is 2. The summed E-state index contributed by atoms with van der Waals surface area (Å²) in [6, 6.07) is -0.791. The van der Waals surface area contributed by atoms with Gasteiger partial charge in [0.05, 0.1) is 18.0 Å². The Morgan fingerprint density at radius 1 is 1.21 bits per heavy atom. The third-order valence-electron chi connectivity index (χ3n) is 8.50. The van der Waals surface area contributed by atoms with Gasteiger partial charge in [-0.1, -0.05) is 0 Å². The summed E-state index contributed by atoms with van der Waals surface area (Å²) >= 11 is 1.48. The van der Waals surface area contributed by atoms with Gasteiger partial charge in [-0.2, -0.15) is 16.7 Å². The van der Waals surface area contributed by atoms with Gasteiger partial charge >= 0.3 is 5.97 Å². The van der Waals surface area contributed by atoms with Crippen LogP contribution in [0.15, 0.2) is 22.4 Å². The molecule has 19 nitrogen and oxygen atoms in total. The number of aliphatic carboxylic acids is 1. The number of carbonyl (C=O) groups is 2. The highest BCUT2D eigenvalue weighted by Crippen LogP contribution is 2.36. The van der Waals surface area contributed by atoms with Gasteiger partial charge in [-0.3, -0.25) is 28.8 Å². The highest BCUT2D eigenvalue weighted by atomic mass is 32.2. The van der Waals surface area contributed by atoms with Crippen molar-refractivity contribution in [3.8, 4) is 0 Å². The number of carboxylic acid groups (broad SMARTS) is 1. The summed E-state index contributed by atoms with van der Waals surface area (Å²) in [5.74, 6) is -0.873. The Balaban J connectivity index is 1.02. The number of aromatic amines is 1. The average Bonchev–Trinajstić information content (AvgIpc) is 3.56. The van der Waals surface area contributed by atoms with Gasteiger partial charge in [-0.05, 0) is 26.7 Å². The van der Waals surface area contributed by atoms with Gasteiger partial charge in [0.25, 0.3) is 11.5 Å². The lowest BCUT2D eigenvalue weighted by Crippen LogP contribution is -2.53. The minimum Gasteiger partial charge on any atom is -0.480 e. The lowest BCUT2D eigenvalue weighted by atomic mass is 9.95. The van der Waals surface area contributed by atoms with E-state index in [0.717, 1.165) is 0 Å². The maximum Gasteiger partial charge on any atom is 0.320 e. The molecule has 0 aromatic carbocycles. The fourth-order valence-electron chi connectivity index (χ4n) is 6.05. The zero-order valence-electron chi connectivity index (χ0n) is 25.5. The molecule has 3 aromatic heterocycles. The topological polar surface area (TPSA) is 285 Å². The van der Waals surface area contributed by atoms with Crippen LogP contribution in [0, 0.1) is 0 Å². The number of rotatable bonds is 9. The molecule has 1 amide bonds. The molecule has 3 aliphatic heterocycles. The number of aromatic nitrogens is 6. The first-order chi connectivity index (χ1) is 22.3. The number of likely N-dealkylation sites (tertiary alicyclic amines) is 1. The van der Waals surface area contributed by atoms with Crippen molar-refractivity contribution >= 4 is 63.8 Å². The van der Waals surface area contributed by atoms with E-state index >= 15 is 0 Å². The van der Waals surface area contributed by atoms with E-state index in [1.165, 1.54) is 29.0 Å². The lowest BCUT2D eigenvalue weighted by Gasteiger charge is -2.37. The number of imidazole rings is 1. The second-order valence-corrected chi connectivity index (χ2v) is 13.4. The van der Waals surface area contributed by atoms with Gasteiger partial charge < -0.3 is 42.2 Å². The summed E-state index contributed by atoms with van der Waals surface area (Å²) < 4.78 is 7.54. The summed E-state index contributed by atoms with van der Waals surface area (Å²) in [6.45, 7) is 4.34. The fraction of sp³-hybridized carbons (Fsp3) is 0.556. The molecule has 0 radical (unpaired) electrons. The third-order valence-corrected chi connectivity index (χ3v) is 9.92. The summed E-state index contributed by atoms with van der Waals surface area (Å²) in [7, 11) is 0. The Morgan fingerprint density at radius 2 is 2.00 bits per heavy atom. The largest absolute Gasteiger partial charge is 0.480 e. The number of nitrogens with zero attached hydrogens (tertiary/aromatic N) is 7. The molecular formula is C27H36N12O7S. The molecule has 252 valence electrons. The first kappa shape index (κ1) is 32.6. The molecule has 6 rings (SSSR count). The second kappa shape index (κ2) is 12.7. The van der Waals surface area contributed by atoms with E-state index in [1.54, 1.807) is 18.7 Å². The van der Waals surface area contributed by atoms with Gasteiger partial charge in [-0.15, -0.1) is 0 Å². The number of ether oxygens (including phenoxy) is 1. The molecule has 10 N–H and O–H groups in total. The van der Waals surface area contributed by atoms with E-state index < -0.39 is 53.6 Å². The predicted octanol–water partition coefficient (Wildman–Crippen LogP) is -1.56. The standard InChI is InChI=1S/C27H36N12O7S/c1-27(2)18(34-15-20(37-27)35-26(29)36-22(15)42)23(43)30-4-6-38-5-3-11(7-12(38)25(44)45)47-8-13-16(40)17(41)24(46-13)39-10-33-14-19(28)31-9-32-21(14)39/h9-13,16-17,24,40-41H,3-8H2,1-2H3,(H,30,43)(H,44,45)(H2,28,31,32)(H4,29,35,36,37,42)/t11?,12?,13-,16?,17+,24-/m1/s1. The van der Waals surface area contributed by atoms with E-state index in [4.69, 9.17) is 16.2 Å². The molecule has 47 heavy (non-hydrogen) atoms. The van der Waals surface area contributed by atoms with E-state index in [9.17, 15) is 29.7 Å². The molecule has 6 atom stereocenters. The smallest absolute Gasteiger partial charge is 0.320 e. The number of hydrogen-bond acceptors (Lipinski definition) is 16. The van der Waals surface area contributed by atoms with Crippen molar-refractivity contribution in [2.24, 2.45) is 4.99 Å². The first-order valence-electron chi connectivity index (χ1n) is 14.9. The van der Waals surface area contributed by atoms with Crippen molar-refractivity contribution in [1.82, 2.24) is 39.7 Å². The number of aliphatic hydroxyl groups excluding tert-OH is 2. The van der Waals surface area contributed by atoms with Crippen LogP contribution in [0.2, 0.25) is 0 Å². The number of aliphatic hydroxyl groups is 2. The Morgan fingerprint density at radius 3 is 2.77 bits per heavy atom. The fourth-order valence-corrected chi connectivity index (χ4v) is 7.38. The monoisotopic (exact) mass is 672 g/mol. The van der Waals surface area contributed by atoms with Crippen molar-refractivity contribution in [3.05, 3.63) is 23.0 Å². The van der Waals surface area contributed by atoms with Crippen LogP contribution in [0.5, 0.6) is 0 Å². The number of aliphatic imine (C=N–C) groups is 1. The molecule has 0 aliphatic carbocycles. The molecule has 3 unspecified atom stereocenters. The third kappa shape index (κ3) is 6.33. The molecule has 2 saturated heterocycles. The number of amides is 1. The van der Waals surface area contributed by atoms with Crippen molar-refractivity contribution in [2.75, 3.05) is 42.2 Å². The van der Waals surface area contributed by atoms with Crippen LogP contribution < -0.4 is 27.7 Å². The van der Waals surface area contributed by atoms with Gasteiger partial charge in [0.1, 0.15) is 35.8 Å². The number of thioether (sulfide) groups is 1. The van der Waals surface area contributed by atoms with Crippen LogP contribution in [0.4, 0.5) is 23.3 Å². The normalized spacial score (nSPS) is 27.2. The number of nitrogens with one attached hydrogen (secondary N) is 3. The molecule has 0 bridgehead atoms. The van der Waals surface area contributed by atoms with Crippen LogP contribution in [0.25, 0.3) is 11.2 Å². The Kier molecular flexibility index (Phi) is 8.78. The van der Waals surface area contributed by atoms with Crippen LogP contribution in [-0.4, -0.2) is 128 Å². The van der Waals surface area contributed by atoms with Gasteiger partial charge in [-0.25, -0.2) is 19.9 Å². The SMILES string of the molecule is CC1(C)Nc2nc(N)[nH]c(=O)c2N=C1C(=O)NCCN1CCC(SC[C@H]2O[C@@H](n3cnc4c(N)ncnc43)[C@@H](O)C2O)CC1C(=O)O. The maximum atomic E-state index is 13.1. The van der Waals surface area contributed by atoms with Crippen LogP contribution in [-0.2, 0) is 14.3 Å². The number of carbonyl (C=O) groups excluding carboxylic acids is 1. The van der Waals surface area contributed by atoms with Crippen LogP contribution >= 0.6 is 11.8 Å².